The maximum absolute atomic E-state index is 11.2. The SMILES string of the molecule is N#Cc1ccc(OC2CCC(NC(=O)CCl)CC2)nc1. The maximum Gasteiger partial charge on any atom is 0.235 e. The number of halogens is 1. The Kier molecular flexibility index (Phi) is 5.19. The number of hydrogen-bond acceptors (Lipinski definition) is 4. The molecule has 2 rings (SSSR count). The molecule has 0 aromatic carbocycles. The van der Waals surface area contributed by atoms with Gasteiger partial charge in [0.05, 0.1) is 5.56 Å². The Bertz CT molecular complexity index is 490. The number of nitrogens with one attached hydrogen (secondary N) is 1. The van der Waals surface area contributed by atoms with Crippen LogP contribution in [0.3, 0.4) is 0 Å². The lowest BCUT2D eigenvalue weighted by Crippen LogP contribution is -2.40. The van der Waals surface area contributed by atoms with Crippen molar-refractivity contribution in [2.75, 3.05) is 5.88 Å². The van der Waals surface area contributed by atoms with Gasteiger partial charge in [-0.2, -0.15) is 5.26 Å². The molecule has 0 spiro atoms. The second kappa shape index (κ2) is 7.11. The summed E-state index contributed by atoms with van der Waals surface area (Å²) in [4.78, 5) is 15.3. The van der Waals surface area contributed by atoms with Crippen LogP contribution >= 0.6 is 11.6 Å². The van der Waals surface area contributed by atoms with Crippen LogP contribution in [-0.4, -0.2) is 28.9 Å². The van der Waals surface area contributed by atoms with E-state index in [-0.39, 0.29) is 23.9 Å². The van der Waals surface area contributed by atoms with E-state index in [1.165, 1.54) is 6.20 Å². The standard InChI is InChI=1S/C14H16ClN3O2/c15-7-13(19)18-11-2-4-12(5-3-11)20-14-6-1-10(8-16)9-17-14/h1,6,9,11-12H,2-5,7H2,(H,18,19). The van der Waals surface area contributed by atoms with E-state index < -0.39 is 0 Å². The molecule has 0 aliphatic heterocycles. The van der Waals surface area contributed by atoms with Crippen LogP contribution in [0, 0.1) is 11.3 Å². The molecule has 6 heteroatoms. The largest absolute Gasteiger partial charge is 0.474 e. The summed E-state index contributed by atoms with van der Waals surface area (Å²) < 4.78 is 5.78. The van der Waals surface area contributed by atoms with Crippen molar-refractivity contribution in [3.63, 3.8) is 0 Å². The number of rotatable bonds is 4. The molecule has 0 atom stereocenters. The Morgan fingerprint density at radius 1 is 1.45 bits per heavy atom. The molecule has 20 heavy (non-hydrogen) atoms. The number of aromatic nitrogens is 1. The third-order valence-corrected chi connectivity index (χ3v) is 3.56. The first-order valence-electron chi connectivity index (χ1n) is 6.59. The highest BCUT2D eigenvalue weighted by atomic mass is 35.5. The summed E-state index contributed by atoms with van der Waals surface area (Å²) >= 11 is 5.46. The minimum absolute atomic E-state index is 0.00555. The first-order chi connectivity index (χ1) is 9.71. The molecule has 106 valence electrons. The van der Waals surface area contributed by atoms with E-state index in [1.54, 1.807) is 12.1 Å². The second-order valence-corrected chi connectivity index (χ2v) is 5.06. The summed E-state index contributed by atoms with van der Waals surface area (Å²) in [5.41, 5.74) is 0.518. The lowest BCUT2D eigenvalue weighted by atomic mass is 9.93. The van der Waals surface area contributed by atoms with Crippen LogP contribution in [0.15, 0.2) is 18.3 Å². The molecular weight excluding hydrogens is 278 g/mol. The van der Waals surface area contributed by atoms with Crippen molar-refractivity contribution in [1.29, 1.82) is 5.26 Å². The lowest BCUT2D eigenvalue weighted by molar-refractivity contribution is -0.119. The van der Waals surface area contributed by atoms with Crippen molar-refractivity contribution in [3.8, 4) is 11.9 Å². The van der Waals surface area contributed by atoms with Crippen molar-refractivity contribution in [2.24, 2.45) is 0 Å². The van der Waals surface area contributed by atoms with Gasteiger partial charge in [-0.3, -0.25) is 4.79 Å². The van der Waals surface area contributed by atoms with E-state index in [0.29, 0.717) is 11.4 Å². The van der Waals surface area contributed by atoms with Gasteiger partial charge in [0.25, 0.3) is 0 Å². The summed E-state index contributed by atoms with van der Waals surface area (Å²) in [6.45, 7) is 0. The van der Waals surface area contributed by atoms with Crippen molar-refractivity contribution in [2.45, 2.75) is 37.8 Å². The Morgan fingerprint density at radius 3 is 2.75 bits per heavy atom. The van der Waals surface area contributed by atoms with E-state index in [1.807, 2.05) is 6.07 Å². The normalized spacial score (nSPS) is 21.8. The molecule has 1 aliphatic rings. The van der Waals surface area contributed by atoms with Crippen molar-refractivity contribution < 1.29 is 9.53 Å². The predicted octanol–water partition coefficient (Wildman–Crippen LogP) is 2.00. The van der Waals surface area contributed by atoms with Crippen molar-refractivity contribution in [3.05, 3.63) is 23.9 Å². The van der Waals surface area contributed by atoms with E-state index in [0.717, 1.165) is 25.7 Å². The van der Waals surface area contributed by atoms with Crippen LogP contribution < -0.4 is 10.1 Å². The van der Waals surface area contributed by atoms with Crippen LogP contribution in [0.5, 0.6) is 5.88 Å². The highest BCUT2D eigenvalue weighted by Crippen LogP contribution is 2.23. The van der Waals surface area contributed by atoms with Crippen LogP contribution in [0.25, 0.3) is 0 Å². The Morgan fingerprint density at radius 2 is 2.20 bits per heavy atom. The zero-order chi connectivity index (χ0) is 14.4. The van der Waals surface area contributed by atoms with Crippen LogP contribution in [0.4, 0.5) is 0 Å². The number of nitriles is 1. The minimum atomic E-state index is -0.121. The number of carbonyl (C=O) groups excluding carboxylic acids is 1. The summed E-state index contributed by atoms with van der Waals surface area (Å²) in [6.07, 6.45) is 5.11. The Balaban J connectivity index is 1.79. The number of ether oxygens (including phenoxy) is 1. The monoisotopic (exact) mass is 293 g/mol. The molecule has 5 nitrogen and oxygen atoms in total. The third-order valence-electron chi connectivity index (χ3n) is 3.31. The van der Waals surface area contributed by atoms with E-state index >= 15 is 0 Å². The third kappa shape index (κ3) is 4.10. The van der Waals surface area contributed by atoms with E-state index in [9.17, 15) is 4.79 Å². The van der Waals surface area contributed by atoms with E-state index in [2.05, 4.69) is 10.3 Å². The molecule has 1 amide bonds. The first kappa shape index (κ1) is 14.6. The molecule has 1 aromatic rings. The fourth-order valence-electron chi connectivity index (χ4n) is 2.28. The van der Waals surface area contributed by atoms with Gasteiger partial charge in [0, 0.05) is 18.3 Å². The molecule has 0 radical (unpaired) electrons. The molecule has 1 aromatic heterocycles. The van der Waals surface area contributed by atoms with Crippen molar-refractivity contribution in [1.82, 2.24) is 10.3 Å². The Hall–Kier alpha value is -1.80. The zero-order valence-corrected chi connectivity index (χ0v) is 11.8. The summed E-state index contributed by atoms with van der Waals surface area (Å²) in [7, 11) is 0. The van der Waals surface area contributed by atoms with Gasteiger partial charge in [-0.1, -0.05) is 0 Å². The fraction of sp³-hybridized carbons (Fsp3) is 0.500. The molecule has 0 saturated heterocycles. The average molecular weight is 294 g/mol. The van der Waals surface area contributed by atoms with Gasteiger partial charge in [-0.15, -0.1) is 11.6 Å². The predicted molar refractivity (Wildman–Crippen MR) is 74.5 cm³/mol. The summed E-state index contributed by atoms with van der Waals surface area (Å²) in [5, 5.41) is 11.6. The Labute approximate surface area is 122 Å². The van der Waals surface area contributed by atoms with Gasteiger partial charge in [-0.25, -0.2) is 4.98 Å². The lowest BCUT2D eigenvalue weighted by Gasteiger charge is -2.29. The van der Waals surface area contributed by atoms with Gasteiger partial charge < -0.3 is 10.1 Å². The fourth-order valence-corrected chi connectivity index (χ4v) is 2.36. The molecular formula is C14H16ClN3O2. The van der Waals surface area contributed by atoms with Gasteiger partial charge in [0.15, 0.2) is 0 Å². The molecule has 1 heterocycles. The van der Waals surface area contributed by atoms with Crippen LogP contribution in [-0.2, 0) is 4.79 Å². The first-order valence-corrected chi connectivity index (χ1v) is 7.13. The number of carbonyl (C=O) groups is 1. The minimum Gasteiger partial charge on any atom is -0.474 e. The van der Waals surface area contributed by atoms with Gasteiger partial charge in [0.2, 0.25) is 11.8 Å². The van der Waals surface area contributed by atoms with Gasteiger partial charge in [-0.05, 0) is 31.7 Å². The van der Waals surface area contributed by atoms with Crippen molar-refractivity contribution >= 4 is 17.5 Å². The molecule has 1 fully saturated rings. The molecule has 1 saturated carbocycles. The quantitative estimate of drug-likeness (QED) is 0.862. The number of alkyl halides is 1. The van der Waals surface area contributed by atoms with E-state index in [4.69, 9.17) is 21.6 Å². The topological polar surface area (TPSA) is 75.0 Å². The number of nitrogens with zero attached hydrogens (tertiary/aromatic N) is 2. The van der Waals surface area contributed by atoms with Gasteiger partial charge in [0.1, 0.15) is 18.1 Å². The maximum atomic E-state index is 11.2. The number of amides is 1. The summed E-state index contributed by atoms with van der Waals surface area (Å²) in [5.74, 6) is 0.424. The van der Waals surface area contributed by atoms with Crippen LogP contribution in [0.1, 0.15) is 31.2 Å². The van der Waals surface area contributed by atoms with Crippen LogP contribution in [0.2, 0.25) is 0 Å². The highest BCUT2D eigenvalue weighted by molar-refractivity contribution is 6.27. The molecule has 1 N–H and O–H groups in total. The average Bonchev–Trinajstić information content (AvgIpc) is 2.50. The smallest absolute Gasteiger partial charge is 0.235 e. The zero-order valence-electron chi connectivity index (χ0n) is 11.0. The number of pyridine rings is 1. The molecule has 0 unspecified atom stereocenters. The van der Waals surface area contributed by atoms with Gasteiger partial charge >= 0.3 is 0 Å². The molecule has 1 aliphatic carbocycles. The summed E-state index contributed by atoms with van der Waals surface area (Å²) in [6, 6.07) is 5.61. The number of hydrogen-bond donors (Lipinski definition) is 1. The highest BCUT2D eigenvalue weighted by Gasteiger charge is 2.23. The second-order valence-electron chi connectivity index (χ2n) is 4.79. The molecule has 0 bridgehead atoms.